The topological polar surface area (TPSA) is 102 Å². The lowest BCUT2D eigenvalue weighted by atomic mass is 10.2. The fourth-order valence-corrected chi connectivity index (χ4v) is 5.13. The van der Waals surface area contributed by atoms with Gasteiger partial charge in [-0.3, -0.25) is 9.59 Å². The lowest BCUT2D eigenvalue weighted by Gasteiger charge is -2.09. The molecular weight excluding hydrogens is 456 g/mol. The minimum atomic E-state index is -0.166. The van der Waals surface area contributed by atoms with Crippen LogP contribution in [0, 0.1) is 13.8 Å². The summed E-state index contributed by atoms with van der Waals surface area (Å²) in [5.74, 6) is 0.406. The van der Waals surface area contributed by atoms with Crippen molar-refractivity contribution in [2.24, 2.45) is 0 Å². The van der Waals surface area contributed by atoms with Crippen LogP contribution in [0.3, 0.4) is 0 Å². The van der Waals surface area contributed by atoms with Crippen LogP contribution >= 0.6 is 23.1 Å². The van der Waals surface area contributed by atoms with E-state index in [9.17, 15) is 9.59 Å². The summed E-state index contributed by atoms with van der Waals surface area (Å²) in [5.41, 5.74) is 3.76. The molecule has 2 heterocycles. The van der Waals surface area contributed by atoms with E-state index in [1.165, 1.54) is 23.1 Å². The molecule has 0 aliphatic carbocycles. The Bertz CT molecular complexity index is 1310. The van der Waals surface area contributed by atoms with E-state index >= 15 is 0 Å². The fraction of sp³-hybridized carbons (Fsp3) is 0.261. The number of thioether (sulfide) groups is 1. The number of carbonyl (C=O) groups is 2. The molecule has 0 saturated heterocycles. The van der Waals surface area contributed by atoms with Crippen LogP contribution in [0.25, 0.3) is 10.2 Å². The van der Waals surface area contributed by atoms with E-state index in [4.69, 9.17) is 0 Å². The summed E-state index contributed by atoms with van der Waals surface area (Å²) >= 11 is 2.74. The smallest absolute Gasteiger partial charge is 0.236 e. The van der Waals surface area contributed by atoms with Gasteiger partial charge >= 0.3 is 0 Å². The number of nitrogens with one attached hydrogen (secondary N) is 2. The Morgan fingerprint density at radius 1 is 1.00 bits per heavy atom. The third-order valence-electron chi connectivity index (χ3n) is 5.05. The van der Waals surface area contributed by atoms with Gasteiger partial charge in [-0.15, -0.1) is 10.2 Å². The van der Waals surface area contributed by atoms with Gasteiger partial charge in [-0.25, -0.2) is 4.98 Å². The Balaban J connectivity index is 1.36. The van der Waals surface area contributed by atoms with Crippen LogP contribution in [0.5, 0.6) is 0 Å². The molecule has 0 atom stereocenters. The number of nitrogens with zero attached hydrogens (tertiary/aromatic N) is 4. The molecule has 2 amide bonds. The molecule has 33 heavy (non-hydrogen) atoms. The molecule has 0 aliphatic rings. The standard InChI is InChI=1S/C23H24N6O2S2/c1-4-29-18(12-19(30)24-16-10-6-5-8-14(16)2)27-28-23(29)32-13-20(31)25-22-26-21-15(3)9-7-11-17(21)33-22/h5-11H,4,12-13H2,1-3H3,(H,24,30)(H,25,26,31). The van der Waals surface area contributed by atoms with E-state index in [-0.39, 0.29) is 24.0 Å². The first-order chi connectivity index (χ1) is 15.9. The molecule has 0 unspecified atom stereocenters. The number of benzene rings is 2. The average molecular weight is 481 g/mol. The Morgan fingerprint density at radius 2 is 1.79 bits per heavy atom. The highest BCUT2D eigenvalue weighted by Crippen LogP contribution is 2.28. The van der Waals surface area contributed by atoms with Gasteiger partial charge in [-0.2, -0.15) is 0 Å². The van der Waals surface area contributed by atoms with E-state index in [0.29, 0.717) is 22.7 Å². The van der Waals surface area contributed by atoms with Crippen LogP contribution in [0.2, 0.25) is 0 Å². The molecule has 10 heteroatoms. The molecule has 0 fully saturated rings. The molecule has 0 aliphatic heterocycles. The first-order valence-corrected chi connectivity index (χ1v) is 12.3. The van der Waals surface area contributed by atoms with Gasteiger partial charge in [0, 0.05) is 12.2 Å². The van der Waals surface area contributed by atoms with E-state index in [0.717, 1.165) is 27.0 Å². The molecule has 2 N–H and O–H groups in total. The van der Waals surface area contributed by atoms with Gasteiger partial charge in [0.1, 0.15) is 5.82 Å². The monoisotopic (exact) mass is 480 g/mol. The van der Waals surface area contributed by atoms with E-state index in [1.54, 1.807) is 0 Å². The Hall–Kier alpha value is -3.24. The predicted molar refractivity (Wildman–Crippen MR) is 133 cm³/mol. The minimum absolute atomic E-state index is 0.104. The Kier molecular flexibility index (Phi) is 7.05. The van der Waals surface area contributed by atoms with Gasteiger partial charge in [0.2, 0.25) is 11.8 Å². The second kappa shape index (κ2) is 10.1. The van der Waals surface area contributed by atoms with Crippen molar-refractivity contribution in [3.63, 3.8) is 0 Å². The highest BCUT2D eigenvalue weighted by molar-refractivity contribution is 7.99. The van der Waals surface area contributed by atoms with Crippen molar-refractivity contribution in [3.8, 4) is 0 Å². The van der Waals surface area contributed by atoms with Crippen molar-refractivity contribution in [1.29, 1.82) is 0 Å². The fourth-order valence-electron chi connectivity index (χ4n) is 3.35. The molecule has 170 valence electrons. The number of rotatable bonds is 8. The number of thiazole rings is 1. The maximum atomic E-state index is 12.5. The van der Waals surface area contributed by atoms with Crippen LogP contribution < -0.4 is 10.6 Å². The molecule has 8 nitrogen and oxygen atoms in total. The summed E-state index contributed by atoms with van der Waals surface area (Å²) in [4.78, 5) is 29.5. The average Bonchev–Trinajstić information content (AvgIpc) is 3.37. The number of aryl methyl sites for hydroxylation is 2. The number of amides is 2. The summed E-state index contributed by atoms with van der Waals surface area (Å²) in [7, 11) is 0. The predicted octanol–water partition coefficient (Wildman–Crippen LogP) is 4.44. The van der Waals surface area contributed by atoms with Gasteiger partial charge in [0.25, 0.3) is 0 Å². The first-order valence-electron chi connectivity index (χ1n) is 10.5. The zero-order valence-corrected chi connectivity index (χ0v) is 20.2. The largest absolute Gasteiger partial charge is 0.325 e. The molecule has 2 aromatic heterocycles. The summed E-state index contributed by atoms with van der Waals surface area (Å²) in [6, 6.07) is 13.6. The van der Waals surface area contributed by atoms with E-state index in [2.05, 4.69) is 25.8 Å². The molecule has 4 rings (SSSR count). The van der Waals surface area contributed by atoms with E-state index in [1.807, 2.05) is 67.8 Å². The van der Waals surface area contributed by atoms with Crippen molar-refractivity contribution in [2.75, 3.05) is 16.4 Å². The molecule has 4 aromatic rings. The third-order valence-corrected chi connectivity index (χ3v) is 6.95. The molecular formula is C23H24N6O2S2. The molecule has 2 aromatic carbocycles. The Morgan fingerprint density at radius 3 is 2.55 bits per heavy atom. The summed E-state index contributed by atoms with van der Waals surface area (Å²) in [6.07, 6.45) is 0.104. The van der Waals surface area contributed by atoms with Crippen LogP contribution in [0.4, 0.5) is 10.8 Å². The summed E-state index contributed by atoms with van der Waals surface area (Å²) in [6.45, 7) is 6.50. The maximum absolute atomic E-state index is 12.5. The number of fused-ring (bicyclic) bond motifs is 1. The number of para-hydroxylation sites is 2. The number of hydrogen-bond donors (Lipinski definition) is 2. The van der Waals surface area contributed by atoms with Gasteiger partial charge in [0.05, 0.1) is 22.4 Å². The highest BCUT2D eigenvalue weighted by atomic mass is 32.2. The second-order valence-corrected chi connectivity index (χ2v) is 9.43. The minimum Gasteiger partial charge on any atom is -0.325 e. The van der Waals surface area contributed by atoms with Crippen molar-refractivity contribution >= 4 is 55.9 Å². The van der Waals surface area contributed by atoms with Gasteiger partial charge in [0.15, 0.2) is 10.3 Å². The van der Waals surface area contributed by atoms with Gasteiger partial charge in [-0.05, 0) is 44.0 Å². The number of anilines is 2. The van der Waals surface area contributed by atoms with E-state index < -0.39 is 0 Å². The maximum Gasteiger partial charge on any atom is 0.236 e. The van der Waals surface area contributed by atoms with Gasteiger partial charge in [-0.1, -0.05) is 53.4 Å². The van der Waals surface area contributed by atoms with Crippen LogP contribution in [0.15, 0.2) is 47.6 Å². The van der Waals surface area contributed by atoms with Crippen LogP contribution in [0.1, 0.15) is 23.9 Å². The molecule has 0 bridgehead atoms. The van der Waals surface area contributed by atoms with Crippen LogP contribution in [-0.2, 0) is 22.6 Å². The SMILES string of the molecule is CCn1c(CC(=O)Nc2ccccc2C)nnc1SCC(=O)Nc1nc2c(C)cccc2s1. The quantitative estimate of drug-likeness (QED) is 0.362. The zero-order valence-electron chi connectivity index (χ0n) is 18.6. The molecule has 0 saturated carbocycles. The second-order valence-electron chi connectivity index (χ2n) is 7.46. The Labute approximate surface area is 199 Å². The highest BCUT2D eigenvalue weighted by Gasteiger charge is 2.17. The normalized spacial score (nSPS) is 11.0. The van der Waals surface area contributed by atoms with Gasteiger partial charge < -0.3 is 15.2 Å². The zero-order chi connectivity index (χ0) is 23.4. The van der Waals surface area contributed by atoms with Crippen molar-refractivity contribution in [2.45, 2.75) is 38.9 Å². The van der Waals surface area contributed by atoms with Crippen molar-refractivity contribution < 1.29 is 9.59 Å². The molecule has 0 radical (unpaired) electrons. The number of hydrogen-bond acceptors (Lipinski definition) is 7. The first kappa shape index (κ1) is 22.9. The molecule has 0 spiro atoms. The lowest BCUT2D eigenvalue weighted by Crippen LogP contribution is -2.18. The number of aromatic nitrogens is 4. The van der Waals surface area contributed by atoms with Crippen LogP contribution in [-0.4, -0.2) is 37.3 Å². The lowest BCUT2D eigenvalue weighted by molar-refractivity contribution is -0.116. The summed E-state index contributed by atoms with van der Waals surface area (Å²) < 4.78 is 2.90. The van der Waals surface area contributed by atoms with Crippen molar-refractivity contribution in [1.82, 2.24) is 19.7 Å². The summed E-state index contributed by atoms with van der Waals surface area (Å²) in [5, 5.41) is 15.3. The third kappa shape index (κ3) is 5.40. The van der Waals surface area contributed by atoms with Crippen molar-refractivity contribution in [3.05, 3.63) is 59.4 Å². The number of carbonyl (C=O) groups excluding carboxylic acids is 2.